The van der Waals surface area contributed by atoms with E-state index in [9.17, 15) is 0 Å². The number of hydrogen-bond donors (Lipinski definition) is 0. The Labute approximate surface area is 937 Å². The van der Waals surface area contributed by atoms with Gasteiger partial charge in [-0.25, -0.2) is 0 Å². The van der Waals surface area contributed by atoms with E-state index in [-0.39, 0.29) is 0 Å². The first kappa shape index (κ1) is 135. The van der Waals surface area contributed by atoms with Gasteiger partial charge in [0, 0.05) is 0 Å². The third-order valence-electron chi connectivity index (χ3n) is 50.8. The van der Waals surface area contributed by atoms with Crippen LogP contribution in [0.5, 0.6) is 0 Å². The first-order chi connectivity index (χ1) is 70.3. The Bertz CT molecular complexity index is 3040. The van der Waals surface area contributed by atoms with Crippen molar-refractivity contribution in [3.8, 4) is 0 Å². The van der Waals surface area contributed by atoms with Crippen LogP contribution in [0.25, 0.3) is 0 Å². The molecule has 18 rings (SSSR count). The maximum absolute atomic E-state index is 2.59. The summed E-state index contributed by atoms with van der Waals surface area (Å²) in [7, 11) is 0. The molecule has 0 amide bonds. The number of rotatable bonds is 17. The van der Waals surface area contributed by atoms with Gasteiger partial charge >= 0.3 is 0 Å². The van der Waals surface area contributed by atoms with Crippen LogP contribution < -0.4 is 0 Å². The lowest BCUT2D eigenvalue weighted by Gasteiger charge is -2.49. The fraction of sp³-hybridized carbons (Fsp3) is 1.00. The Hall–Kier alpha value is 0. The fourth-order valence-corrected chi connectivity index (χ4v) is 37.1. The van der Waals surface area contributed by atoms with Gasteiger partial charge in [-0.2, -0.15) is 0 Å². The van der Waals surface area contributed by atoms with Crippen LogP contribution in [0.2, 0.25) is 0 Å². The van der Waals surface area contributed by atoms with Gasteiger partial charge in [-0.15, -0.1) is 0 Å². The lowest BCUT2D eigenvalue weighted by molar-refractivity contribution is 0.0121. The van der Waals surface area contributed by atoms with Crippen LogP contribution in [0.3, 0.4) is 0 Å². The third-order valence-corrected chi connectivity index (χ3v) is 50.8. The SMILES string of the molecule is C1CC2C3CCC(C3)C2C1.CC.CC.CC1CCC(C(C)(C)C2CCC(C)C(C)C2)CC1C.CC1CCC(C(C)(C)C2CCC(C)CC2)CC1.CC1CCC(C(C)C2CCC(C)C(C)C2)CC1C.CC1CCC(C(C)C2CCC(C)CC2)CC1.CC1CCC(CC2CCC(C)C(C)C2)CC1C.CC1CCC(CC2CCC(C)CC2)CC1.CCC1(C)CC(C)CC(C)(C)C1.CCC1CCC(CC)CC1.CCC1CCCC(CC)C1. The summed E-state index contributed by atoms with van der Waals surface area (Å²) < 4.78 is 0. The molecule has 18 fully saturated rings. The molecule has 0 aromatic heterocycles. The van der Waals surface area contributed by atoms with Crippen molar-refractivity contribution in [1.29, 1.82) is 0 Å². The quantitative estimate of drug-likeness (QED) is 0.136. The molecule has 0 aliphatic heterocycles. The molecule has 0 aromatic rings. The molecule has 0 spiro atoms. The van der Waals surface area contributed by atoms with Crippen LogP contribution in [0.15, 0.2) is 0 Å². The average Bonchev–Trinajstić information content (AvgIpc) is 1.62. The molecule has 18 saturated carbocycles. The summed E-state index contributed by atoms with van der Waals surface area (Å²) in [4.78, 5) is 0. The molecule has 26 unspecified atom stereocenters. The van der Waals surface area contributed by atoms with Crippen molar-refractivity contribution < 1.29 is 0 Å². The molecule has 0 heterocycles. The van der Waals surface area contributed by atoms with Crippen LogP contribution in [0, 0.1) is 264 Å². The molecule has 0 saturated heterocycles. The summed E-state index contributed by atoms with van der Waals surface area (Å²) in [5, 5.41) is 0. The molecule has 18 aliphatic rings. The molecule has 0 radical (unpaired) electrons. The molecular formula is C148H284. The van der Waals surface area contributed by atoms with Crippen molar-refractivity contribution in [2.75, 3.05) is 0 Å². The Morgan fingerprint density at radius 3 is 0.784 bits per heavy atom. The van der Waals surface area contributed by atoms with Gasteiger partial charge in [0.1, 0.15) is 0 Å². The minimum Gasteiger partial charge on any atom is -0.0683 e. The van der Waals surface area contributed by atoms with Crippen LogP contribution in [0.1, 0.15) is 680 Å². The number of hydrogen-bond acceptors (Lipinski definition) is 0. The van der Waals surface area contributed by atoms with E-state index in [0.29, 0.717) is 21.7 Å². The topological polar surface area (TPSA) is 0 Å². The summed E-state index contributed by atoms with van der Waals surface area (Å²) in [6.07, 6.45) is 99.1. The van der Waals surface area contributed by atoms with Crippen molar-refractivity contribution in [2.45, 2.75) is 680 Å². The van der Waals surface area contributed by atoms with Crippen LogP contribution in [-0.2, 0) is 0 Å². The highest BCUT2D eigenvalue weighted by atomic mass is 14.6. The van der Waals surface area contributed by atoms with Gasteiger partial charge in [-0.1, -0.05) is 494 Å². The Morgan fingerprint density at radius 2 is 0.473 bits per heavy atom. The zero-order valence-corrected chi connectivity index (χ0v) is 109. The van der Waals surface area contributed by atoms with Gasteiger partial charge in [0.2, 0.25) is 0 Å². The van der Waals surface area contributed by atoms with E-state index in [2.05, 4.69) is 228 Å². The summed E-state index contributed by atoms with van der Waals surface area (Å²) in [6.45, 7) is 89.1. The fourth-order valence-electron chi connectivity index (χ4n) is 37.1. The molecule has 2 bridgehead atoms. The molecule has 18 aliphatic carbocycles. The summed E-state index contributed by atoms with van der Waals surface area (Å²) in [5.74, 6) is 42.1. The predicted octanol–water partition coefficient (Wildman–Crippen LogP) is 49.8. The maximum Gasteiger partial charge on any atom is -0.0297 e. The van der Waals surface area contributed by atoms with Crippen molar-refractivity contribution >= 4 is 0 Å². The number of fused-ring (bicyclic) bond motifs is 5. The molecular weight excluding hydrogens is 1780 g/mol. The van der Waals surface area contributed by atoms with E-state index in [1.54, 1.807) is 51.4 Å². The molecule has 0 aromatic carbocycles. The predicted molar refractivity (Wildman–Crippen MR) is 667 cm³/mol. The van der Waals surface area contributed by atoms with E-state index in [0.717, 1.165) is 219 Å². The van der Waals surface area contributed by atoms with Crippen molar-refractivity contribution in [1.82, 2.24) is 0 Å². The van der Waals surface area contributed by atoms with Crippen LogP contribution in [-0.4, -0.2) is 0 Å². The second-order valence-electron chi connectivity index (χ2n) is 63.3. The molecule has 26 atom stereocenters. The summed E-state index contributed by atoms with van der Waals surface area (Å²) in [6, 6.07) is 0. The third kappa shape index (κ3) is 45.4. The average molecular weight is 2060 g/mol. The first-order valence-corrected chi connectivity index (χ1v) is 70.3. The molecule has 0 N–H and O–H groups in total. The summed E-state index contributed by atoms with van der Waals surface area (Å²) in [5.41, 5.74) is 2.40. The monoisotopic (exact) mass is 2060 g/mol. The standard InChI is InChI=1S/C19H36.C18H34.2C17H32.C16H30.C15H28.C12H24.C10H16.2C10H20.2C2H6/c1-13-7-9-17(11-15(13)3)19(5,6)18-10-8-14(2)16(4)12-18;1-12-6-8-17(10-14(12)3)16(5)18-9-7-13(2)15(4)11-18;1-13-5-9-15(10-6-13)17(3,4)16-11-7-14(2)8-12-16;1-12-5-7-16(9-14(12)3)11-17-8-6-13(2)15(4)10-17;1-12-4-8-15(9-5-12)14(3)16-10-6-13(2)7-11-16;1-12-3-7-14(8-4-12)11-15-9-5-13(2)6-10-15;1-6-12(5)8-10(2)7-11(3,4)9-12;1-2-9-7-4-5-8(6-7)10(9)3-1;1-3-9-5-7-10(4-2)8-6-9;1-3-9-6-5-7-10(4-2)8-9;2*1-2/h13-18H,7-12H2,1-6H3;12-18H,6-11H2,1-5H3;13-16H,5-12H2,1-4H3;12-17H,5-11H2,1-4H3;12-16H,4-11H2,1-3H3;12-15H,3-11H2,1-2H3;10H,6-9H2,1-5H3;7-10H,1-6H2;2*9-10H,3-8H2,1-2H3;2*1-2H3. The molecule has 876 valence electrons. The van der Waals surface area contributed by atoms with E-state index in [4.69, 9.17) is 0 Å². The minimum absolute atomic E-state index is 0.572. The van der Waals surface area contributed by atoms with Gasteiger partial charge in [0.05, 0.1) is 0 Å². The highest BCUT2D eigenvalue weighted by Crippen LogP contribution is 2.60. The largest absolute Gasteiger partial charge is 0.0683 e. The Kier molecular flexibility index (Phi) is 62.9. The van der Waals surface area contributed by atoms with Crippen molar-refractivity contribution in [3.63, 3.8) is 0 Å². The van der Waals surface area contributed by atoms with Gasteiger partial charge in [-0.3, -0.25) is 0 Å². The van der Waals surface area contributed by atoms with E-state index < -0.39 is 0 Å². The van der Waals surface area contributed by atoms with E-state index in [1.165, 1.54) is 396 Å². The molecule has 148 heavy (non-hydrogen) atoms. The molecule has 0 heteroatoms. The summed E-state index contributed by atoms with van der Waals surface area (Å²) >= 11 is 0. The highest BCUT2D eigenvalue weighted by molar-refractivity contribution is 5.01. The van der Waals surface area contributed by atoms with Gasteiger partial charge in [0.25, 0.3) is 0 Å². The van der Waals surface area contributed by atoms with E-state index >= 15 is 0 Å². The first-order valence-electron chi connectivity index (χ1n) is 70.3. The second-order valence-corrected chi connectivity index (χ2v) is 63.3. The lowest BCUT2D eigenvalue weighted by atomic mass is 9.57. The van der Waals surface area contributed by atoms with Gasteiger partial charge in [0.15, 0.2) is 0 Å². The minimum atomic E-state index is 0.572. The zero-order chi connectivity index (χ0) is 109. The van der Waals surface area contributed by atoms with Crippen molar-refractivity contribution in [2.24, 2.45) is 264 Å². The van der Waals surface area contributed by atoms with Gasteiger partial charge < -0.3 is 0 Å². The Balaban J connectivity index is 0.000000223. The van der Waals surface area contributed by atoms with Crippen LogP contribution >= 0.6 is 0 Å². The maximum atomic E-state index is 2.59. The second kappa shape index (κ2) is 69.1. The smallest absolute Gasteiger partial charge is 0.0297 e. The van der Waals surface area contributed by atoms with Crippen LogP contribution in [0.4, 0.5) is 0 Å². The lowest BCUT2D eigenvalue weighted by Crippen LogP contribution is -2.40. The van der Waals surface area contributed by atoms with Gasteiger partial charge in [-0.05, 0) is 450 Å². The highest BCUT2D eigenvalue weighted by Gasteiger charge is 2.50. The Morgan fingerprint density at radius 1 is 0.216 bits per heavy atom. The van der Waals surface area contributed by atoms with Crippen molar-refractivity contribution in [3.05, 3.63) is 0 Å². The van der Waals surface area contributed by atoms with E-state index in [1.807, 2.05) is 27.7 Å². The normalized spacial score (nSPS) is 42.7. The molecule has 0 nitrogen and oxygen atoms in total. The zero-order valence-electron chi connectivity index (χ0n) is 109.